The molecule has 0 aliphatic carbocycles. The zero-order chi connectivity index (χ0) is 20.3. The molecule has 0 atom stereocenters. The molecule has 2 aromatic heterocycles. The summed E-state index contributed by atoms with van der Waals surface area (Å²) in [7, 11) is 0. The molecule has 5 heteroatoms. The van der Waals surface area contributed by atoms with Crippen molar-refractivity contribution < 1.29 is 0 Å². The first-order chi connectivity index (χ1) is 14.8. The Morgan fingerprint density at radius 1 is 0.800 bits per heavy atom. The van der Waals surface area contributed by atoms with Gasteiger partial charge in [-0.15, -0.1) is 0 Å². The maximum absolute atomic E-state index is 4.76. The van der Waals surface area contributed by atoms with E-state index in [2.05, 4.69) is 51.7 Å². The van der Waals surface area contributed by atoms with Crippen molar-refractivity contribution in [2.45, 2.75) is 6.92 Å². The summed E-state index contributed by atoms with van der Waals surface area (Å²) in [5, 5.41) is 6.46. The number of pyridine rings is 1. The third-order valence-corrected chi connectivity index (χ3v) is 4.95. The second kappa shape index (κ2) is 7.72. The molecule has 0 amide bonds. The van der Waals surface area contributed by atoms with Crippen molar-refractivity contribution in [1.82, 2.24) is 15.0 Å². The van der Waals surface area contributed by atoms with Crippen LogP contribution in [0.5, 0.6) is 0 Å². The fourth-order valence-corrected chi connectivity index (χ4v) is 3.51. The highest BCUT2D eigenvalue weighted by Gasteiger charge is 2.10. The average molecular weight is 389 g/mol. The van der Waals surface area contributed by atoms with Gasteiger partial charge in [0.15, 0.2) is 0 Å². The molecule has 0 saturated heterocycles. The van der Waals surface area contributed by atoms with Crippen LogP contribution in [0, 0.1) is 6.92 Å². The summed E-state index contributed by atoms with van der Waals surface area (Å²) in [6.45, 7) is 2.07. The molecule has 30 heavy (non-hydrogen) atoms. The van der Waals surface area contributed by atoms with E-state index in [-0.39, 0.29) is 0 Å². The Morgan fingerprint density at radius 2 is 1.70 bits per heavy atom. The van der Waals surface area contributed by atoms with Gasteiger partial charge in [0, 0.05) is 28.1 Å². The predicted molar refractivity (Wildman–Crippen MR) is 123 cm³/mol. The molecule has 0 unspecified atom stereocenters. The van der Waals surface area contributed by atoms with Crippen molar-refractivity contribution in [2.75, 3.05) is 5.43 Å². The topological polar surface area (TPSA) is 63.1 Å². The molecule has 5 nitrogen and oxygen atoms in total. The number of fused-ring (bicyclic) bond motifs is 2. The minimum Gasteiger partial charge on any atom is -0.256 e. The molecule has 0 aliphatic rings. The summed E-state index contributed by atoms with van der Waals surface area (Å²) < 4.78 is 0. The Kier molecular flexibility index (Phi) is 4.62. The largest absolute Gasteiger partial charge is 0.256 e. The van der Waals surface area contributed by atoms with E-state index < -0.39 is 0 Å². The number of nitrogens with zero attached hydrogens (tertiary/aromatic N) is 4. The standard InChI is InChI=1S/C25H19N5/c1-17-12-13-23-21(15-17)24(18-7-3-2-4-8-18)29-25(28-23)30-27-16-19-9-5-11-22-20(19)10-6-14-26-22/h2-16H,1H3,(H,28,29,30)/b27-16+. The zero-order valence-corrected chi connectivity index (χ0v) is 16.4. The highest BCUT2D eigenvalue weighted by molar-refractivity contribution is 5.98. The Balaban J connectivity index is 1.53. The van der Waals surface area contributed by atoms with Crippen LogP contribution in [0.3, 0.4) is 0 Å². The summed E-state index contributed by atoms with van der Waals surface area (Å²) in [5.74, 6) is 0.458. The first-order valence-electron chi connectivity index (χ1n) is 9.74. The van der Waals surface area contributed by atoms with E-state index in [9.17, 15) is 0 Å². The Labute approximate surface area is 174 Å². The number of aromatic nitrogens is 3. The maximum atomic E-state index is 4.76. The highest BCUT2D eigenvalue weighted by atomic mass is 15.3. The normalized spacial score (nSPS) is 11.4. The van der Waals surface area contributed by atoms with Gasteiger partial charge in [-0.2, -0.15) is 5.10 Å². The number of rotatable bonds is 4. The molecule has 5 rings (SSSR count). The summed E-state index contributed by atoms with van der Waals surface area (Å²) in [4.78, 5) is 13.8. The van der Waals surface area contributed by atoms with Gasteiger partial charge < -0.3 is 0 Å². The van der Waals surface area contributed by atoms with Gasteiger partial charge in [0.25, 0.3) is 0 Å². The van der Waals surface area contributed by atoms with E-state index in [1.54, 1.807) is 12.4 Å². The Hall–Kier alpha value is -4.12. The van der Waals surface area contributed by atoms with Crippen molar-refractivity contribution in [3.05, 3.63) is 96.2 Å². The van der Waals surface area contributed by atoms with E-state index in [4.69, 9.17) is 4.98 Å². The van der Waals surface area contributed by atoms with Crippen molar-refractivity contribution in [1.29, 1.82) is 0 Å². The molecule has 2 heterocycles. The second-order valence-corrected chi connectivity index (χ2v) is 7.07. The zero-order valence-electron chi connectivity index (χ0n) is 16.4. The number of hydrogen-bond acceptors (Lipinski definition) is 5. The molecule has 0 aliphatic heterocycles. The van der Waals surface area contributed by atoms with Crippen LogP contribution < -0.4 is 5.43 Å². The number of hydrogen-bond donors (Lipinski definition) is 1. The number of hydrazone groups is 1. The van der Waals surface area contributed by atoms with Crippen molar-refractivity contribution >= 4 is 34.0 Å². The maximum Gasteiger partial charge on any atom is 0.244 e. The Morgan fingerprint density at radius 3 is 2.60 bits per heavy atom. The van der Waals surface area contributed by atoms with Crippen LogP contribution >= 0.6 is 0 Å². The lowest BCUT2D eigenvalue weighted by atomic mass is 10.0. The summed E-state index contributed by atoms with van der Waals surface area (Å²) in [6, 6.07) is 26.3. The first-order valence-corrected chi connectivity index (χ1v) is 9.74. The lowest BCUT2D eigenvalue weighted by molar-refractivity contribution is 1.15. The van der Waals surface area contributed by atoms with Crippen LogP contribution in [-0.4, -0.2) is 21.2 Å². The van der Waals surface area contributed by atoms with Crippen molar-refractivity contribution in [3.63, 3.8) is 0 Å². The van der Waals surface area contributed by atoms with Gasteiger partial charge in [-0.25, -0.2) is 15.4 Å². The van der Waals surface area contributed by atoms with Crippen LogP contribution in [0.4, 0.5) is 5.95 Å². The lowest BCUT2D eigenvalue weighted by Gasteiger charge is -2.09. The molecule has 0 bridgehead atoms. The molecule has 3 aromatic carbocycles. The molecule has 144 valence electrons. The Bertz CT molecular complexity index is 1370. The van der Waals surface area contributed by atoms with Gasteiger partial charge in [0.05, 0.1) is 22.9 Å². The van der Waals surface area contributed by atoms with Crippen LogP contribution in [-0.2, 0) is 0 Å². The molecule has 1 N–H and O–H groups in total. The number of benzene rings is 3. The molecular weight excluding hydrogens is 370 g/mol. The average Bonchev–Trinajstić information content (AvgIpc) is 2.79. The fraction of sp³-hybridized carbons (Fsp3) is 0.0400. The first kappa shape index (κ1) is 17.9. The van der Waals surface area contributed by atoms with Crippen LogP contribution in [0.15, 0.2) is 90.2 Å². The van der Waals surface area contributed by atoms with Gasteiger partial charge in [-0.3, -0.25) is 4.98 Å². The smallest absolute Gasteiger partial charge is 0.244 e. The monoisotopic (exact) mass is 389 g/mol. The van der Waals surface area contributed by atoms with Crippen molar-refractivity contribution in [2.24, 2.45) is 5.10 Å². The van der Waals surface area contributed by atoms with Gasteiger partial charge in [-0.1, -0.05) is 60.2 Å². The van der Waals surface area contributed by atoms with Crippen LogP contribution in [0.1, 0.15) is 11.1 Å². The molecule has 5 aromatic rings. The SMILES string of the molecule is Cc1ccc2nc(N/N=C/c3cccc4ncccc34)nc(-c3ccccc3)c2c1. The van der Waals surface area contributed by atoms with Gasteiger partial charge in [0.2, 0.25) is 5.95 Å². The third-order valence-electron chi connectivity index (χ3n) is 4.95. The molecule has 0 saturated carbocycles. The third kappa shape index (κ3) is 3.49. The molecule has 0 fully saturated rings. The minimum absolute atomic E-state index is 0.458. The highest BCUT2D eigenvalue weighted by Crippen LogP contribution is 2.28. The van der Waals surface area contributed by atoms with E-state index in [0.717, 1.165) is 38.6 Å². The lowest BCUT2D eigenvalue weighted by Crippen LogP contribution is -2.00. The number of nitrogens with one attached hydrogen (secondary N) is 1. The molecule has 0 spiro atoms. The van der Waals surface area contributed by atoms with Crippen molar-refractivity contribution in [3.8, 4) is 11.3 Å². The van der Waals surface area contributed by atoms with Gasteiger partial charge in [-0.05, 0) is 31.2 Å². The number of anilines is 1. The summed E-state index contributed by atoms with van der Waals surface area (Å²) in [6.07, 6.45) is 3.56. The van der Waals surface area contributed by atoms with Crippen LogP contribution in [0.25, 0.3) is 33.1 Å². The fourth-order valence-electron chi connectivity index (χ4n) is 3.51. The minimum atomic E-state index is 0.458. The predicted octanol–water partition coefficient (Wildman–Crippen LogP) is 5.60. The number of aryl methyl sites for hydroxylation is 1. The quantitative estimate of drug-likeness (QED) is 0.321. The van der Waals surface area contributed by atoms with E-state index in [1.165, 1.54) is 5.56 Å². The van der Waals surface area contributed by atoms with Gasteiger partial charge >= 0.3 is 0 Å². The van der Waals surface area contributed by atoms with Gasteiger partial charge in [0.1, 0.15) is 0 Å². The molecular formula is C25H19N5. The molecule has 0 radical (unpaired) electrons. The van der Waals surface area contributed by atoms with E-state index in [1.807, 2.05) is 54.6 Å². The van der Waals surface area contributed by atoms with Crippen LogP contribution in [0.2, 0.25) is 0 Å². The van der Waals surface area contributed by atoms with E-state index in [0.29, 0.717) is 5.95 Å². The summed E-state index contributed by atoms with van der Waals surface area (Å²) >= 11 is 0. The van der Waals surface area contributed by atoms with E-state index >= 15 is 0 Å². The summed E-state index contributed by atoms with van der Waals surface area (Å²) in [5.41, 5.74) is 8.90. The second-order valence-electron chi connectivity index (χ2n) is 7.07.